The molecule has 2 aromatic carbocycles. The van der Waals surface area contributed by atoms with Crippen LogP contribution in [0.3, 0.4) is 0 Å². The maximum Gasteiger partial charge on any atom is 0.316 e. The van der Waals surface area contributed by atoms with E-state index in [1.54, 1.807) is 4.90 Å². The van der Waals surface area contributed by atoms with Crippen molar-refractivity contribution in [2.75, 3.05) is 13.1 Å². The van der Waals surface area contributed by atoms with Crippen LogP contribution in [0.1, 0.15) is 24.3 Å². The van der Waals surface area contributed by atoms with Gasteiger partial charge in [0.1, 0.15) is 0 Å². The van der Waals surface area contributed by atoms with Gasteiger partial charge in [0.05, 0.1) is 0 Å². The summed E-state index contributed by atoms with van der Waals surface area (Å²) in [6, 6.07) is 19.0. The molecular weight excluding hydrogens is 282 g/mol. The van der Waals surface area contributed by atoms with E-state index in [2.05, 4.69) is 48.5 Å². The highest BCUT2D eigenvalue weighted by Crippen LogP contribution is 2.30. The van der Waals surface area contributed by atoms with E-state index < -0.39 is 0 Å². The van der Waals surface area contributed by atoms with Gasteiger partial charge in [-0.3, -0.25) is 4.79 Å². The summed E-state index contributed by atoms with van der Waals surface area (Å²) in [5, 5.41) is -0.334. The van der Waals surface area contributed by atoms with E-state index in [0.29, 0.717) is 5.92 Å². The number of rotatable bonds is 2. The van der Waals surface area contributed by atoms with E-state index in [-0.39, 0.29) is 5.37 Å². The molecule has 1 saturated heterocycles. The summed E-state index contributed by atoms with van der Waals surface area (Å²) in [7, 11) is 0. The van der Waals surface area contributed by atoms with E-state index in [1.807, 2.05) is 6.07 Å². The normalized spacial score (nSPS) is 18.5. The summed E-state index contributed by atoms with van der Waals surface area (Å²) in [6.45, 7) is 1.50. The molecule has 0 N–H and O–H groups in total. The second-order valence-electron chi connectivity index (χ2n) is 5.53. The van der Waals surface area contributed by atoms with Crippen LogP contribution in [0.4, 0.5) is 4.79 Å². The molecule has 2 aromatic rings. The molecule has 0 radical (unpaired) electrons. The Kier molecular flexibility index (Phi) is 4.26. The Labute approximate surface area is 130 Å². The predicted octanol–water partition coefficient (Wildman–Crippen LogP) is 4.89. The van der Waals surface area contributed by atoms with Gasteiger partial charge >= 0.3 is 5.37 Å². The summed E-state index contributed by atoms with van der Waals surface area (Å²) in [5.41, 5.74) is 3.74. The van der Waals surface area contributed by atoms with Crippen LogP contribution < -0.4 is 0 Å². The lowest BCUT2D eigenvalue weighted by molar-refractivity contribution is 0.202. The van der Waals surface area contributed by atoms with Crippen molar-refractivity contribution in [2.24, 2.45) is 0 Å². The molecular formula is C18H18ClNO. The summed E-state index contributed by atoms with van der Waals surface area (Å²) < 4.78 is 0. The standard InChI is InChI=1S/C18H18ClNO/c19-18(21)20-11-5-10-17(13-20)16-9-4-8-15(12-16)14-6-2-1-3-7-14/h1-4,6-9,12,17H,5,10-11,13H2. The highest BCUT2D eigenvalue weighted by Gasteiger charge is 2.23. The minimum atomic E-state index is -0.334. The minimum absolute atomic E-state index is 0.334. The Balaban J connectivity index is 1.84. The van der Waals surface area contributed by atoms with Gasteiger partial charge in [-0.2, -0.15) is 0 Å². The topological polar surface area (TPSA) is 20.3 Å². The number of hydrogen-bond acceptors (Lipinski definition) is 1. The molecule has 1 fully saturated rings. The predicted molar refractivity (Wildman–Crippen MR) is 86.7 cm³/mol. The molecule has 1 aliphatic heterocycles. The van der Waals surface area contributed by atoms with Crippen LogP contribution in [0, 0.1) is 0 Å². The van der Waals surface area contributed by atoms with Crippen molar-refractivity contribution in [3.05, 3.63) is 60.2 Å². The summed E-state index contributed by atoms with van der Waals surface area (Å²) in [5.74, 6) is 0.380. The summed E-state index contributed by atoms with van der Waals surface area (Å²) in [4.78, 5) is 13.1. The minimum Gasteiger partial charge on any atom is -0.329 e. The summed E-state index contributed by atoms with van der Waals surface area (Å²) in [6.07, 6.45) is 2.12. The SMILES string of the molecule is O=C(Cl)N1CCCC(c2cccc(-c3ccccc3)c2)C1. The largest absolute Gasteiger partial charge is 0.329 e. The van der Waals surface area contributed by atoms with E-state index in [4.69, 9.17) is 11.6 Å². The van der Waals surface area contributed by atoms with Crippen molar-refractivity contribution >= 4 is 17.0 Å². The van der Waals surface area contributed by atoms with Gasteiger partial charge in [-0.1, -0.05) is 54.6 Å². The maximum absolute atomic E-state index is 11.4. The number of carbonyl (C=O) groups excluding carboxylic acids is 1. The van der Waals surface area contributed by atoms with Crippen molar-refractivity contribution in [3.8, 4) is 11.1 Å². The number of nitrogens with zero attached hydrogens (tertiary/aromatic N) is 1. The third-order valence-corrected chi connectivity index (χ3v) is 4.37. The fraction of sp³-hybridized carbons (Fsp3) is 0.278. The second kappa shape index (κ2) is 6.31. The van der Waals surface area contributed by atoms with Crippen LogP contribution in [-0.4, -0.2) is 23.4 Å². The van der Waals surface area contributed by atoms with E-state index in [9.17, 15) is 4.79 Å². The molecule has 0 aromatic heterocycles. The van der Waals surface area contributed by atoms with Gasteiger partial charge in [0, 0.05) is 19.0 Å². The molecule has 1 amide bonds. The lowest BCUT2D eigenvalue weighted by Gasteiger charge is -2.31. The third kappa shape index (κ3) is 3.27. The molecule has 3 heteroatoms. The molecule has 1 heterocycles. The fourth-order valence-corrected chi connectivity index (χ4v) is 3.17. The van der Waals surface area contributed by atoms with Crippen molar-refractivity contribution in [3.63, 3.8) is 0 Å². The number of benzene rings is 2. The smallest absolute Gasteiger partial charge is 0.316 e. The first-order chi connectivity index (χ1) is 10.2. The first-order valence-electron chi connectivity index (χ1n) is 7.34. The molecule has 0 aliphatic carbocycles. The van der Waals surface area contributed by atoms with Crippen molar-refractivity contribution in [2.45, 2.75) is 18.8 Å². The average molecular weight is 300 g/mol. The van der Waals surface area contributed by atoms with Gasteiger partial charge in [-0.25, -0.2) is 0 Å². The molecule has 0 saturated carbocycles. The zero-order chi connectivity index (χ0) is 14.7. The van der Waals surface area contributed by atoms with Crippen LogP contribution in [0.15, 0.2) is 54.6 Å². The van der Waals surface area contributed by atoms with Crippen molar-refractivity contribution < 1.29 is 4.79 Å². The van der Waals surface area contributed by atoms with Gasteiger partial charge in [0.15, 0.2) is 0 Å². The maximum atomic E-state index is 11.4. The fourth-order valence-electron chi connectivity index (χ4n) is 3.01. The van der Waals surface area contributed by atoms with Crippen LogP contribution in [0.2, 0.25) is 0 Å². The molecule has 0 bridgehead atoms. The monoisotopic (exact) mass is 299 g/mol. The Hall–Kier alpha value is -1.80. The number of piperidine rings is 1. The number of likely N-dealkylation sites (tertiary alicyclic amines) is 1. The highest BCUT2D eigenvalue weighted by atomic mass is 35.5. The Bertz CT molecular complexity index is 626. The molecule has 108 valence electrons. The van der Waals surface area contributed by atoms with Crippen molar-refractivity contribution in [1.82, 2.24) is 4.90 Å². The van der Waals surface area contributed by atoms with E-state index in [1.165, 1.54) is 16.7 Å². The first kappa shape index (κ1) is 14.2. The molecule has 0 spiro atoms. The van der Waals surface area contributed by atoms with Gasteiger partial charge in [0.25, 0.3) is 0 Å². The van der Waals surface area contributed by atoms with Crippen molar-refractivity contribution in [1.29, 1.82) is 0 Å². The average Bonchev–Trinajstić information content (AvgIpc) is 2.56. The van der Waals surface area contributed by atoms with Gasteiger partial charge in [-0.15, -0.1) is 0 Å². The lowest BCUT2D eigenvalue weighted by Crippen LogP contribution is -2.36. The van der Waals surface area contributed by atoms with Gasteiger partial charge in [-0.05, 0) is 41.1 Å². The Morgan fingerprint density at radius 1 is 1.05 bits per heavy atom. The van der Waals surface area contributed by atoms with Crippen LogP contribution in [0.25, 0.3) is 11.1 Å². The zero-order valence-corrected chi connectivity index (χ0v) is 12.6. The van der Waals surface area contributed by atoms with E-state index >= 15 is 0 Å². The molecule has 2 nitrogen and oxygen atoms in total. The van der Waals surface area contributed by atoms with E-state index in [0.717, 1.165) is 25.9 Å². The molecule has 1 unspecified atom stereocenters. The summed E-state index contributed by atoms with van der Waals surface area (Å²) >= 11 is 5.62. The Morgan fingerprint density at radius 3 is 2.57 bits per heavy atom. The molecule has 1 atom stereocenters. The Morgan fingerprint density at radius 2 is 1.81 bits per heavy atom. The number of carbonyl (C=O) groups is 1. The van der Waals surface area contributed by atoms with Gasteiger partial charge in [0.2, 0.25) is 0 Å². The molecule has 21 heavy (non-hydrogen) atoms. The zero-order valence-electron chi connectivity index (χ0n) is 11.8. The van der Waals surface area contributed by atoms with Crippen LogP contribution in [0.5, 0.6) is 0 Å². The lowest BCUT2D eigenvalue weighted by atomic mass is 9.89. The van der Waals surface area contributed by atoms with Crippen LogP contribution >= 0.6 is 11.6 Å². The molecule has 3 rings (SSSR count). The first-order valence-corrected chi connectivity index (χ1v) is 7.71. The quantitative estimate of drug-likeness (QED) is 0.571. The number of halogens is 1. The third-order valence-electron chi connectivity index (χ3n) is 4.14. The number of amides is 1. The number of hydrogen-bond donors (Lipinski definition) is 0. The van der Waals surface area contributed by atoms with Crippen LogP contribution in [-0.2, 0) is 0 Å². The second-order valence-corrected chi connectivity index (χ2v) is 5.85. The highest BCUT2D eigenvalue weighted by molar-refractivity contribution is 6.62. The van der Waals surface area contributed by atoms with Gasteiger partial charge < -0.3 is 4.90 Å². The molecule has 1 aliphatic rings.